The summed E-state index contributed by atoms with van der Waals surface area (Å²) < 4.78 is 56.1. The number of alkyl halides is 3. The molecule has 28 heavy (non-hydrogen) atoms. The first kappa shape index (κ1) is 18.3. The number of benzene rings is 2. The number of halogens is 4. The van der Waals surface area contributed by atoms with Gasteiger partial charge in [0.15, 0.2) is 5.78 Å². The van der Waals surface area contributed by atoms with Crippen LogP contribution < -0.4 is 0 Å². The van der Waals surface area contributed by atoms with Gasteiger partial charge in [-0.25, -0.2) is 4.39 Å². The molecular formula is C20H14F4N2O2. The van der Waals surface area contributed by atoms with E-state index >= 15 is 0 Å². The molecule has 0 saturated heterocycles. The molecule has 2 aromatic carbocycles. The van der Waals surface area contributed by atoms with Crippen molar-refractivity contribution in [1.82, 2.24) is 10.1 Å². The lowest BCUT2D eigenvalue weighted by Gasteiger charge is -2.04. The van der Waals surface area contributed by atoms with Crippen molar-refractivity contribution in [3.05, 3.63) is 71.4 Å². The summed E-state index contributed by atoms with van der Waals surface area (Å²) in [7, 11) is 0. The molecule has 1 aromatic heterocycles. The molecule has 0 spiro atoms. The lowest BCUT2D eigenvalue weighted by Crippen LogP contribution is -2.05. The number of carbonyl (C=O) groups excluding carboxylic acids is 1. The van der Waals surface area contributed by atoms with E-state index in [1.54, 1.807) is 0 Å². The minimum atomic E-state index is -4.78. The van der Waals surface area contributed by atoms with Gasteiger partial charge in [0.05, 0.1) is 5.56 Å². The van der Waals surface area contributed by atoms with Crippen LogP contribution in [0.25, 0.3) is 11.4 Å². The lowest BCUT2D eigenvalue weighted by atomic mass is 10.0. The third-order valence-electron chi connectivity index (χ3n) is 4.79. The number of hydrogen-bond acceptors (Lipinski definition) is 4. The number of rotatable bonds is 5. The van der Waals surface area contributed by atoms with Gasteiger partial charge in [0.1, 0.15) is 5.82 Å². The molecule has 2 unspecified atom stereocenters. The fourth-order valence-corrected chi connectivity index (χ4v) is 3.27. The highest BCUT2D eigenvalue weighted by molar-refractivity contribution is 5.97. The van der Waals surface area contributed by atoms with Crippen LogP contribution in [0.3, 0.4) is 0 Å². The van der Waals surface area contributed by atoms with E-state index in [0.29, 0.717) is 5.92 Å². The van der Waals surface area contributed by atoms with Crippen molar-refractivity contribution in [3.63, 3.8) is 0 Å². The fourth-order valence-electron chi connectivity index (χ4n) is 3.27. The van der Waals surface area contributed by atoms with Crippen molar-refractivity contribution >= 4 is 5.78 Å². The maximum atomic E-state index is 14.4. The standard InChI is InChI=1S/C20H14F4N2O2/c21-16-9-12(18-25-19(28-26-18)20(22,23)24)6-7-14(16)17(27)10-13-8-15(13)11-4-2-1-3-5-11/h1-7,9,13,15H,8,10H2. The molecule has 0 aliphatic heterocycles. The zero-order valence-corrected chi connectivity index (χ0v) is 14.4. The molecule has 4 rings (SSSR count). The molecule has 1 fully saturated rings. The SMILES string of the molecule is O=C(CC1CC1c1ccccc1)c1ccc(-c2noc(C(F)(F)F)n2)cc1F. The average molecular weight is 390 g/mol. The van der Waals surface area contributed by atoms with Crippen molar-refractivity contribution in [2.75, 3.05) is 0 Å². The van der Waals surface area contributed by atoms with E-state index in [9.17, 15) is 22.4 Å². The molecule has 3 aromatic rings. The zero-order valence-electron chi connectivity index (χ0n) is 14.4. The highest BCUT2D eigenvalue weighted by Crippen LogP contribution is 2.50. The molecule has 0 N–H and O–H groups in total. The van der Waals surface area contributed by atoms with Gasteiger partial charge in [-0.1, -0.05) is 41.6 Å². The third kappa shape index (κ3) is 3.67. The Bertz CT molecular complexity index is 1010. The molecule has 2 atom stereocenters. The van der Waals surface area contributed by atoms with Gasteiger partial charge in [-0.15, -0.1) is 0 Å². The van der Waals surface area contributed by atoms with Gasteiger partial charge in [0, 0.05) is 12.0 Å². The number of aromatic nitrogens is 2. The Labute approximate surface area is 157 Å². The van der Waals surface area contributed by atoms with Crippen molar-refractivity contribution in [2.45, 2.75) is 24.9 Å². The highest BCUT2D eigenvalue weighted by atomic mass is 19.4. The van der Waals surface area contributed by atoms with E-state index < -0.39 is 23.7 Å². The minimum Gasteiger partial charge on any atom is -0.329 e. The second-order valence-corrected chi connectivity index (χ2v) is 6.76. The second kappa shape index (κ2) is 6.85. The van der Waals surface area contributed by atoms with Crippen LogP contribution in [0.15, 0.2) is 53.1 Å². The van der Waals surface area contributed by atoms with Crippen molar-refractivity contribution < 1.29 is 26.9 Å². The fraction of sp³-hybridized carbons (Fsp3) is 0.250. The Balaban J connectivity index is 1.46. The Morgan fingerprint density at radius 3 is 2.54 bits per heavy atom. The summed E-state index contributed by atoms with van der Waals surface area (Å²) in [5.41, 5.74) is 1.07. The number of nitrogens with zero attached hydrogens (tertiary/aromatic N) is 2. The van der Waals surface area contributed by atoms with Gasteiger partial charge in [0.25, 0.3) is 0 Å². The maximum Gasteiger partial charge on any atom is 0.471 e. The van der Waals surface area contributed by atoms with Crippen LogP contribution in [0.2, 0.25) is 0 Å². The molecule has 0 amide bonds. The van der Waals surface area contributed by atoms with Gasteiger partial charge < -0.3 is 4.52 Å². The normalized spacial score (nSPS) is 18.9. The van der Waals surface area contributed by atoms with E-state index in [2.05, 4.69) is 14.7 Å². The molecular weight excluding hydrogens is 376 g/mol. The van der Waals surface area contributed by atoms with Gasteiger partial charge in [0.2, 0.25) is 5.82 Å². The lowest BCUT2D eigenvalue weighted by molar-refractivity contribution is -0.159. The van der Waals surface area contributed by atoms with Gasteiger partial charge in [-0.3, -0.25) is 4.79 Å². The van der Waals surface area contributed by atoms with Gasteiger partial charge >= 0.3 is 12.1 Å². The summed E-state index contributed by atoms with van der Waals surface area (Å²) in [4.78, 5) is 15.7. The van der Waals surface area contributed by atoms with E-state index in [1.807, 2.05) is 30.3 Å². The first-order chi connectivity index (χ1) is 13.3. The molecule has 0 bridgehead atoms. The Kier molecular flexibility index (Phi) is 4.49. The first-order valence-electron chi connectivity index (χ1n) is 8.62. The third-order valence-corrected chi connectivity index (χ3v) is 4.79. The zero-order chi connectivity index (χ0) is 19.9. The summed E-state index contributed by atoms with van der Waals surface area (Å²) in [6.45, 7) is 0. The van der Waals surface area contributed by atoms with E-state index in [4.69, 9.17) is 0 Å². The summed E-state index contributed by atoms with van der Waals surface area (Å²) in [6, 6.07) is 13.3. The minimum absolute atomic E-state index is 0.00174. The van der Waals surface area contributed by atoms with Crippen molar-refractivity contribution in [2.24, 2.45) is 5.92 Å². The number of hydrogen-bond donors (Lipinski definition) is 0. The molecule has 1 saturated carbocycles. The molecule has 1 heterocycles. The maximum absolute atomic E-state index is 14.4. The van der Waals surface area contributed by atoms with Crippen LogP contribution in [0.1, 0.15) is 40.6 Å². The van der Waals surface area contributed by atoms with Crippen LogP contribution in [-0.2, 0) is 6.18 Å². The summed E-state index contributed by atoms with van der Waals surface area (Å²) >= 11 is 0. The highest BCUT2D eigenvalue weighted by Gasteiger charge is 2.40. The molecule has 4 nitrogen and oxygen atoms in total. The first-order valence-corrected chi connectivity index (χ1v) is 8.62. The van der Waals surface area contributed by atoms with Crippen molar-refractivity contribution in [1.29, 1.82) is 0 Å². The summed E-state index contributed by atoms with van der Waals surface area (Å²) in [6.07, 6.45) is -3.69. The Hall–Kier alpha value is -3.03. The van der Waals surface area contributed by atoms with Crippen LogP contribution in [-0.4, -0.2) is 15.9 Å². The molecule has 0 radical (unpaired) electrons. The average Bonchev–Trinajstić information content (AvgIpc) is 3.22. The van der Waals surface area contributed by atoms with E-state index in [0.717, 1.165) is 18.1 Å². The predicted octanol–water partition coefficient (Wildman–Crippen LogP) is 5.27. The Morgan fingerprint density at radius 1 is 1.14 bits per heavy atom. The summed E-state index contributed by atoms with van der Waals surface area (Å²) in [5, 5.41) is 3.21. The number of ketones is 1. The van der Waals surface area contributed by atoms with Gasteiger partial charge in [-0.05, 0) is 36.0 Å². The van der Waals surface area contributed by atoms with Crippen LogP contribution >= 0.6 is 0 Å². The predicted molar refractivity (Wildman–Crippen MR) is 90.9 cm³/mol. The van der Waals surface area contributed by atoms with Crippen molar-refractivity contribution in [3.8, 4) is 11.4 Å². The largest absolute Gasteiger partial charge is 0.471 e. The van der Waals surface area contributed by atoms with Crippen LogP contribution in [0.4, 0.5) is 17.6 Å². The molecule has 1 aliphatic rings. The summed E-state index contributed by atoms with van der Waals surface area (Å²) in [5.74, 6) is -2.59. The number of carbonyl (C=O) groups is 1. The van der Waals surface area contributed by atoms with Crippen LogP contribution in [0.5, 0.6) is 0 Å². The monoisotopic (exact) mass is 390 g/mol. The molecule has 144 valence electrons. The number of Topliss-reactive ketones (excluding diaryl/α,β-unsaturated/α-hetero) is 1. The second-order valence-electron chi connectivity index (χ2n) is 6.76. The van der Waals surface area contributed by atoms with Gasteiger partial charge in [-0.2, -0.15) is 18.2 Å². The van der Waals surface area contributed by atoms with Crippen LogP contribution in [0, 0.1) is 11.7 Å². The van der Waals surface area contributed by atoms with E-state index in [1.165, 1.54) is 12.1 Å². The quantitative estimate of drug-likeness (QED) is 0.440. The molecule has 1 aliphatic carbocycles. The molecule has 8 heteroatoms. The topological polar surface area (TPSA) is 56.0 Å². The smallest absolute Gasteiger partial charge is 0.329 e. The Morgan fingerprint density at radius 2 is 1.89 bits per heavy atom. The van der Waals surface area contributed by atoms with E-state index in [-0.39, 0.29) is 29.2 Å².